The van der Waals surface area contributed by atoms with Crippen LogP contribution in [0.1, 0.15) is 16.1 Å². The van der Waals surface area contributed by atoms with E-state index in [1.54, 1.807) is 0 Å². The van der Waals surface area contributed by atoms with E-state index in [9.17, 15) is 31.5 Å². The maximum atomic E-state index is 12.7. The summed E-state index contributed by atoms with van der Waals surface area (Å²) in [5.41, 5.74) is -0.907. The highest BCUT2D eigenvalue weighted by molar-refractivity contribution is 7.89. The number of aromatic amines is 1. The maximum Gasteiger partial charge on any atom is 0.416 e. The van der Waals surface area contributed by atoms with E-state index in [1.807, 2.05) is 0 Å². The molecule has 2 heterocycles. The second kappa shape index (κ2) is 9.90. The first-order chi connectivity index (χ1) is 15.1. The van der Waals surface area contributed by atoms with E-state index in [0.29, 0.717) is 0 Å². The molecule has 3 N–H and O–H groups in total. The molecule has 3 rings (SSSR count). The van der Waals surface area contributed by atoms with Crippen LogP contribution in [0, 0.1) is 0 Å². The van der Waals surface area contributed by atoms with Gasteiger partial charge in [0.15, 0.2) is 0 Å². The zero-order valence-corrected chi connectivity index (χ0v) is 17.6. The molecule has 0 radical (unpaired) electrons. The Morgan fingerprint density at radius 2 is 2.00 bits per heavy atom. The molecule has 0 spiro atoms. The van der Waals surface area contributed by atoms with Crippen LogP contribution < -0.4 is 10.1 Å². The number of hydrogen-bond donors (Lipinski definition) is 3. The summed E-state index contributed by atoms with van der Waals surface area (Å²) in [5.74, 6) is -0.737. The van der Waals surface area contributed by atoms with E-state index in [-0.39, 0.29) is 55.8 Å². The lowest BCUT2D eigenvalue weighted by atomic mass is 10.2. The quantitative estimate of drug-likeness (QED) is 0.526. The number of aliphatic hydroxyl groups excluding tert-OH is 1. The minimum absolute atomic E-state index is 0.0252. The highest BCUT2D eigenvalue weighted by atomic mass is 32.2. The van der Waals surface area contributed by atoms with Gasteiger partial charge in [0.1, 0.15) is 29.0 Å². The molecule has 0 bridgehead atoms. The van der Waals surface area contributed by atoms with Crippen LogP contribution >= 0.6 is 0 Å². The van der Waals surface area contributed by atoms with Gasteiger partial charge in [0.2, 0.25) is 10.0 Å². The van der Waals surface area contributed by atoms with Crippen LogP contribution in [0.25, 0.3) is 0 Å². The smallest absolute Gasteiger partial charge is 0.416 e. The third kappa shape index (κ3) is 6.00. The van der Waals surface area contributed by atoms with Gasteiger partial charge in [-0.3, -0.25) is 4.79 Å². The number of amides is 1. The number of benzene rings is 1. The lowest BCUT2D eigenvalue weighted by molar-refractivity contribution is -0.137. The zero-order chi connectivity index (χ0) is 23.4. The van der Waals surface area contributed by atoms with Crippen LogP contribution in [0.5, 0.6) is 5.75 Å². The van der Waals surface area contributed by atoms with Crippen molar-refractivity contribution in [2.75, 3.05) is 39.5 Å². The lowest BCUT2D eigenvalue weighted by Crippen LogP contribution is -2.40. The molecule has 176 valence electrons. The number of carbonyl (C=O) groups is 1. The fraction of sp³-hybridized carbons (Fsp3) is 0.421. The van der Waals surface area contributed by atoms with E-state index >= 15 is 0 Å². The lowest BCUT2D eigenvalue weighted by Gasteiger charge is -2.25. The summed E-state index contributed by atoms with van der Waals surface area (Å²) in [5, 5.41) is 12.4. The number of nitrogens with one attached hydrogen (secondary N) is 2. The van der Waals surface area contributed by atoms with Crippen molar-refractivity contribution in [3.05, 3.63) is 47.8 Å². The van der Waals surface area contributed by atoms with Crippen LogP contribution in [0.3, 0.4) is 0 Å². The molecule has 32 heavy (non-hydrogen) atoms. The molecule has 1 aromatic heterocycles. The first-order valence-corrected chi connectivity index (χ1v) is 11.0. The van der Waals surface area contributed by atoms with E-state index in [0.717, 1.165) is 12.1 Å². The van der Waals surface area contributed by atoms with Crippen LogP contribution in [0.15, 0.2) is 41.4 Å². The first kappa shape index (κ1) is 24.0. The molecular weight excluding hydrogens is 455 g/mol. The number of alkyl halides is 3. The predicted octanol–water partition coefficient (Wildman–Crippen LogP) is 1.22. The Morgan fingerprint density at radius 3 is 2.69 bits per heavy atom. The van der Waals surface area contributed by atoms with Gasteiger partial charge in [-0.2, -0.15) is 17.5 Å². The number of sulfonamides is 1. The second-order valence-corrected chi connectivity index (χ2v) is 8.90. The van der Waals surface area contributed by atoms with Gasteiger partial charge in [0.25, 0.3) is 5.91 Å². The number of rotatable bonds is 8. The molecule has 0 saturated carbocycles. The number of carbonyl (C=O) groups excluding carboxylic acids is 1. The molecular formula is C19H22F3N3O6S. The van der Waals surface area contributed by atoms with Gasteiger partial charge in [-0.25, -0.2) is 8.42 Å². The molecule has 0 aliphatic carbocycles. The monoisotopic (exact) mass is 477 g/mol. The van der Waals surface area contributed by atoms with Crippen molar-refractivity contribution in [3.8, 4) is 5.75 Å². The van der Waals surface area contributed by atoms with Gasteiger partial charge in [0.05, 0.1) is 18.8 Å². The molecule has 1 aromatic carbocycles. The number of aliphatic hydroxyl groups is 1. The first-order valence-electron chi connectivity index (χ1n) is 9.60. The van der Waals surface area contributed by atoms with E-state index < -0.39 is 33.8 Å². The minimum atomic E-state index is -4.52. The Morgan fingerprint density at radius 1 is 1.28 bits per heavy atom. The van der Waals surface area contributed by atoms with Crippen molar-refractivity contribution in [2.45, 2.75) is 17.2 Å². The van der Waals surface area contributed by atoms with Crippen molar-refractivity contribution < 1.29 is 41.0 Å². The molecule has 1 fully saturated rings. The highest BCUT2D eigenvalue weighted by Gasteiger charge is 2.31. The van der Waals surface area contributed by atoms with Crippen LogP contribution in [0.2, 0.25) is 0 Å². The van der Waals surface area contributed by atoms with Gasteiger partial charge >= 0.3 is 6.18 Å². The molecule has 1 amide bonds. The van der Waals surface area contributed by atoms with Crippen molar-refractivity contribution in [1.29, 1.82) is 0 Å². The van der Waals surface area contributed by atoms with E-state index in [4.69, 9.17) is 9.47 Å². The Hall–Kier alpha value is -2.61. The Labute approximate surface area is 182 Å². The molecule has 1 saturated heterocycles. The van der Waals surface area contributed by atoms with Crippen LogP contribution in [-0.2, 0) is 20.9 Å². The largest absolute Gasteiger partial charge is 0.491 e. The SMILES string of the molecule is O=C(NCC(O)COc1cccc(C(F)(F)F)c1)c1cc(S(=O)(=O)N2CCOCC2)c[nH]1. The number of H-pyrrole nitrogens is 1. The molecule has 1 aliphatic heterocycles. The van der Waals surface area contributed by atoms with Crippen molar-refractivity contribution in [1.82, 2.24) is 14.6 Å². The van der Waals surface area contributed by atoms with Crippen LogP contribution in [-0.4, -0.2) is 74.3 Å². The maximum absolute atomic E-state index is 12.7. The van der Waals surface area contributed by atoms with E-state index in [2.05, 4.69) is 10.3 Å². The molecule has 9 nitrogen and oxygen atoms in total. The number of aromatic nitrogens is 1. The predicted molar refractivity (Wildman–Crippen MR) is 106 cm³/mol. The van der Waals surface area contributed by atoms with Gasteiger partial charge in [0, 0.05) is 25.8 Å². The average molecular weight is 477 g/mol. The highest BCUT2D eigenvalue weighted by Crippen LogP contribution is 2.31. The zero-order valence-electron chi connectivity index (χ0n) is 16.8. The fourth-order valence-electron chi connectivity index (χ4n) is 2.91. The van der Waals surface area contributed by atoms with Gasteiger partial charge in [-0.1, -0.05) is 6.07 Å². The summed E-state index contributed by atoms with van der Waals surface area (Å²) in [6, 6.07) is 5.38. The fourth-order valence-corrected chi connectivity index (χ4v) is 4.31. The Kier molecular flexibility index (Phi) is 7.44. The third-order valence-corrected chi connectivity index (χ3v) is 6.49. The number of ether oxygens (including phenoxy) is 2. The van der Waals surface area contributed by atoms with Crippen LogP contribution in [0.4, 0.5) is 13.2 Å². The molecule has 1 unspecified atom stereocenters. The topological polar surface area (TPSA) is 121 Å². The molecule has 1 aliphatic rings. The number of nitrogens with zero attached hydrogens (tertiary/aromatic N) is 1. The summed E-state index contributed by atoms with van der Waals surface area (Å²) in [4.78, 5) is 14.8. The molecule has 2 aromatic rings. The summed E-state index contributed by atoms with van der Waals surface area (Å²) in [6.45, 7) is 0.389. The van der Waals surface area contributed by atoms with Gasteiger partial charge in [-0.15, -0.1) is 0 Å². The second-order valence-electron chi connectivity index (χ2n) is 6.97. The average Bonchev–Trinajstić information content (AvgIpc) is 3.27. The number of hydrogen-bond acceptors (Lipinski definition) is 6. The molecule has 1 atom stereocenters. The standard InChI is InChI=1S/C19H22F3N3O6S/c20-19(21,22)13-2-1-3-15(8-13)31-12-14(26)10-24-18(27)17-9-16(11-23-17)32(28,29)25-4-6-30-7-5-25/h1-3,8-9,11,14,23,26H,4-7,10,12H2,(H,24,27). The Balaban J connectivity index is 1.50. The third-order valence-electron chi connectivity index (χ3n) is 4.61. The number of halogens is 3. The van der Waals surface area contributed by atoms with Crippen molar-refractivity contribution in [3.63, 3.8) is 0 Å². The summed E-state index contributed by atoms with van der Waals surface area (Å²) < 4.78 is 74.9. The summed E-state index contributed by atoms with van der Waals surface area (Å²) in [6.07, 6.45) is -4.52. The van der Waals surface area contributed by atoms with Gasteiger partial charge < -0.3 is 24.9 Å². The van der Waals surface area contributed by atoms with Crippen molar-refractivity contribution >= 4 is 15.9 Å². The van der Waals surface area contributed by atoms with Crippen molar-refractivity contribution in [2.24, 2.45) is 0 Å². The summed E-state index contributed by atoms with van der Waals surface area (Å²) >= 11 is 0. The van der Waals surface area contributed by atoms with E-state index in [1.165, 1.54) is 28.7 Å². The Bertz CT molecular complexity index is 1030. The van der Waals surface area contributed by atoms with Gasteiger partial charge in [-0.05, 0) is 24.3 Å². The molecule has 13 heteroatoms. The number of morpholine rings is 1. The summed E-state index contributed by atoms with van der Waals surface area (Å²) in [7, 11) is -3.77. The minimum Gasteiger partial charge on any atom is -0.491 e. The normalized spacial score (nSPS) is 16.5.